The fraction of sp³-hybridized carbons (Fsp3) is 0.194. The molecule has 10 heteroatoms. The summed E-state index contributed by atoms with van der Waals surface area (Å²) in [7, 11) is 0. The second-order valence-corrected chi connectivity index (χ2v) is 10.7. The van der Waals surface area contributed by atoms with E-state index in [1.165, 1.54) is 12.1 Å². The van der Waals surface area contributed by atoms with Gasteiger partial charge in [-0.2, -0.15) is 0 Å². The summed E-state index contributed by atoms with van der Waals surface area (Å²) in [4.78, 5) is 30.2. The maximum atomic E-state index is 13.3. The second kappa shape index (κ2) is 13.6. The molecule has 1 aliphatic rings. The van der Waals surface area contributed by atoms with Crippen LogP contribution in [-0.4, -0.2) is 35.2 Å². The minimum Gasteiger partial charge on any atom is -0.506 e. The standard InChI is InChI=1S/C31H27BrFNO6S/c1-4-38-24-15-20(14-23(32)28(24)40-17-19-10-12-21(33)13-11-19)16-25-27(35)26(31(37)39-5-2)30(41-25)34-29(36)22-9-7-6-8-18(22)3/h6-16,35H,4-5,17H2,1-3H3/b25-16-,34-30?. The molecule has 1 amide bonds. The lowest BCUT2D eigenvalue weighted by Crippen LogP contribution is -2.14. The predicted molar refractivity (Wildman–Crippen MR) is 161 cm³/mol. The second-order valence-electron chi connectivity index (χ2n) is 8.77. The molecule has 0 radical (unpaired) electrons. The first-order chi connectivity index (χ1) is 19.7. The molecule has 0 atom stereocenters. The molecule has 4 rings (SSSR count). The third kappa shape index (κ3) is 7.25. The summed E-state index contributed by atoms with van der Waals surface area (Å²) < 4.78 is 30.8. The van der Waals surface area contributed by atoms with Gasteiger partial charge in [-0.3, -0.25) is 4.79 Å². The van der Waals surface area contributed by atoms with Gasteiger partial charge >= 0.3 is 5.97 Å². The Morgan fingerprint density at radius 1 is 1.05 bits per heavy atom. The smallest absolute Gasteiger partial charge is 0.344 e. The van der Waals surface area contributed by atoms with Crippen molar-refractivity contribution in [3.63, 3.8) is 0 Å². The molecule has 0 unspecified atom stereocenters. The van der Waals surface area contributed by atoms with Gasteiger partial charge < -0.3 is 19.3 Å². The number of benzene rings is 3. The highest BCUT2D eigenvalue weighted by Crippen LogP contribution is 2.42. The zero-order chi connectivity index (χ0) is 29.5. The van der Waals surface area contributed by atoms with E-state index in [4.69, 9.17) is 14.2 Å². The topological polar surface area (TPSA) is 94.4 Å². The third-order valence-corrected chi connectivity index (χ3v) is 7.48. The number of thioether (sulfide) groups is 1. The average Bonchev–Trinajstić information content (AvgIpc) is 3.23. The fourth-order valence-corrected chi connectivity index (χ4v) is 5.51. The highest BCUT2D eigenvalue weighted by atomic mass is 79.9. The van der Waals surface area contributed by atoms with E-state index in [9.17, 15) is 19.1 Å². The summed E-state index contributed by atoms with van der Waals surface area (Å²) in [5.74, 6) is -1.09. The summed E-state index contributed by atoms with van der Waals surface area (Å²) >= 11 is 4.52. The van der Waals surface area contributed by atoms with Gasteiger partial charge in [-0.05, 0) is 89.8 Å². The maximum Gasteiger partial charge on any atom is 0.344 e. The molecule has 1 heterocycles. The number of esters is 1. The Morgan fingerprint density at radius 2 is 1.78 bits per heavy atom. The van der Waals surface area contributed by atoms with E-state index < -0.39 is 11.9 Å². The Morgan fingerprint density at radius 3 is 2.46 bits per heavy atom. The summed E-state index contributed by atoms with van der Waals surface area (Å²) in [6, 6.07) is 16.5. The number of carbonyl (C=O) groups is 2. The molecule has 212 valence electrons. The number of nitrogens with zero attached hydrogens (tertiary/aromatic N) is 1. The molecule has 1 N–H and O–H groups in total. The number of aliphatic hydroxyl groups is 1. The predicted octanol–water partition coefficient (Wildman–Crippen LogP) is 7.58. The van der Waals surface area contributed by atoms with Crippen LogP contribution in [0.15, 0.2) is 86.4 Å². The van der Waals surface area contributed by atoms with Crippen molar-refractivity contribution in [3.05, 3.63) is 109 Å². The Bertz CT molecular complexity index is 1570. The van der Waals surface area contributed by atoms with E-state index in [2.05, 4.69) is 20.9 Å². The summed E-state index contributed by atoms with van der Waals surface area (Å²) in [6.07, 6.45) is 1.65. The van der Waals surface area contributed by atoms with Crippen LogP contribution in [0.4, 0.5) is 4.39 Å². The Kier molecular flexibility index (Phi) is 10.0. The molecule has 0 saturated heterocycles. The van der Waals surface area contributed by atoms with Crippen LogP contribution in [0.3, 0.4) is 0 Å². The van der Waals surface area contributed by atoms with Crippen molar-refractivity contribution in [2.24, 2.45) is 4.99 Å². The molecule has 1 aliphatic heterocycles. The van der Waals surface area contributed by atoms with E-state index in [0.717, 1.165) is 22.9 Å². The van der Waals surface area contributed by atoms with Crippen LogP contribution >= 0.6 is 27.7 Å². The van der Waals surface area contributed by atoms with Gasteiger partial charge in [0.1, 0.15) is 28.8 Å². The Hall–Kier alpha value is -3.89. The van der Waals surface area contributed by atoms with Gasteiger partial charge in [-0.25, -0.2) is 14.2 Å². The molecular formula is C31H27BrFNO6S. The molecule has 41 heavy (non-hydrogen) atoms. The van der Waals surface area contributed by atoms with Gasteiger partial charge in [0.2, 0.25) is 0 Å². The average molecular weight is 641 g/mol. The minimum absolute atomic E-state index is 0.0452. The summed E-state index contributed by atoms with van der Waals surface area (Å²) in [6.45, 7) is 5.92. The number of aryl methyl sites for hydroxylation is 1. The van der Waals surface area contributed by atoms with Gasteiger partial charge in [0.05, 0.1) is 22.6 Å². The van der Waals surface area contributed by atoms with E-state index in [-0.39, 0.29) is 35.4 Å². The Balaban J connectivity index is 1.68. The van der Waals surface area contributed by atoms with E-state index >= 15 is 0 Å². The van der Waals surface area contributed by atoms with Crippen molar-refractivity contribution >= 4 is 50.7 Å². The quantitative estimate of drug-likeness (QED) is 0.241. The van der Waals surface area contributed by atoms with Crippen LogP contribution < -0.4 is 9.47 Å². The highest BCUT2D eigenvalue weighted by Gasteiger charge is 2.34. The number of carbonyl (C=O) groups excluding carboxylic acids is 2. The largest absolute Gasteiger partial charge is 0.506 e. The maximum absolute atomic E-state index is 13.3. The molecule has 3 aromatic rings. The monoisotopic (exact) mass is 639 g/mol. The van der Waals surface area contributed by atoms with Crippen LogP contribution in [0.1, 0.15) is 40.9 Å². The molecule has 7 nitrogen and oxygen atoms in total. The molecule has 0 aromatic heterocycles. The zero-order valence-electron chi connectivity index (χ0n) is 22.6. The number of halogens is 2. The lowest BCUT2D eigenvalue weighted by Gasteiger charge is -2.15. The van der Waals surface area contributed by atoms with E-state index in [0.29, 0.717) is 38.6 Å². The molecular weight excluding hydrogens is 613 g/mol. The van der Waals surface area contributed by atoms with E-state index in [1.54, 1.807) is 62.4 Å². The van der Waals surface area contributed by atoms with Crippen molar-refractivity contribution in [2.45, 2.75) is 27.4 Å². The summed E-state index contributed by atoms with van der Waals surface area (Å²) in [5, 5.41) is 11.1. The number of amides is 1. The number of ether oxygens (including phenoxy) is 3. The van der Waals surface area contributed by atoms with Crippen molar-refractivity contribution in [1.29, 1.82) is 0 Å². The van der Waals surface area contributed by atoms with Crippen molar-refractivity contribution in [3.8, 4) is 11.5 Å². The SMILES string of the molecule is CCOC(=O)C1=C(O)/C(=C/c2cc(Br)c(OCc3ccc(F)cc3)c(OCC)c2)SC1=NC(=O)c1ccccc1C. The number of aliphatic imine (C=N–C) groups is 1. The molecule has 3 aromatic carbocycles. The van der Waals surface area contributed by atoms with Crippen LogP contribution in [0.2, 0.25) is 0 Å². The number of rotatable bonds is 9. The fourth-order valence-electron chi connectivity index (χ4n) is 3.92. The van der Waals surface area contributed by atoms with Crippen molar-refractivity contribution in [2.75, 3.05) is 13.2 Å². The van der Waals surface area contributed by atoms with Gasteiger partial charge in [0, 0.05) is 5.56 Å². The van der Waals surface area contributed by atoms with Crippen LogP contribution in [0.25, 0.3) is 6.08 Å². The Labute approximate surface area is 249 Å². The molecule has 0 aliphatic carbocycles. The number of hydrogen-bond donors (Lipinski definition) is 1. The normalized spacial score (nSPS) is 15.0. The first kappa shape index (κ1) is 30.1. The van der Waals surface area contributed by atoms with Crippen LogP contribution in [-0.2, 0) is 16.1 Å². The third-order valence-electron chi connectivity index (χ3n) is 5.87. The molecule has 0 spiro atoms. The van der Waals surface area contributed by atoms with Crippen LogP contribution in [0.5, 0.6) is 11.5 Å². The summed E-state index contributed by atoms with van der Waals surface area (Å²) in [5.41, 5.74) is 2.36. The molecule has 0 saturated carbocycles. The zero-order valence-corrected chi connectivity index (χ0v) is 25.0. The lowest BCUT2D eigenvalue weighted by molar-refractivity contribution is -0.138. The van der Waals surface area contributed by atoms with Gasteiger partial charge in [0.25, 0.3) is 5.91 Å². The van der Waals surface area contributed by atoms with Crippen molar-refractivity contribution in [1.82, 2.24) is 0 Å². The number of aliphatic hydroxyl groups excluding tert-OH is 1. The van der Waals surface area contributed by atoms with Gasteiger partial charge in [0.15, 0.2) is 11.5 Å². The first-order valence-corrected chi connectivity index (χ1v) is 14.4. The number of hydrogen-bond acceptors (Lipinski definition) is 7. The minimum atomic E-state index is -0.780. The molecule has 0 fully saturated rings. The highest BCUT2D eigenvalue weighted by molar-refractivity contribution is 9.10. The first-order valence-electron chi connectivity index (χ1n) is 12.7. The van der Waals surface area contributed by atoms with E-state index in [1.807, 2.05) is 13.0 Å². The molecule has 0 bridgehead atoms. The lowest BCUT2D eigenvalue weighted by atomic mass is 10.1. The van der Waals surface area contributed by atoms with Gasteiger partial charge in [-0.15, -0.1) is 0 Å². The van der Waals surface area contributed by atoms with Crippen LogP contribution in [0, 0.1) is 12.7 Å². The van der Waals surface area contributed by atoms with Crippen molar-refractivity contribution < 1.29 is 33.3 Å². The van der Waals surface area contributed by atoms with Gasteiger partial charge in [-0.1, -0.05) is 42.1 Å².